The first kappa shape index (κ1) is 28.0. The van der Waals surface area contributed by atoms with Gasteiger partial charge in [-0.05, 0) is 66.1 Å². The van der Waals surface area contributed by atoms with Gasteiger partial charge in [0.2, 0.25) is 0 Å². The second-order valence-electron chi connectivity index (χ2n) is 7.60. The van der Waals surface area contributed by atoms with Crippen molar-refractivity contribution in [1.29, 1.82) is 0 Å². The summed E-state index contributed by atoms with van der Waals surface area (Å²) in [5.74, 6) is -1.39. The maximum atomic E-state index is 12.4. The number of anilines is 1. The Morgan fingerprint density at radius 2 is 1.62 bits per heavy atom. The zero-order chi connectivity index (χ0) is 23.8. The molecule has 0 fully saturated rings. The van der Waals surface area contributed by atoms with Crippen molar-refractivity contribution in [3.8, 4) is 0 Å². The smallest absolute Gasteiger partial charge is 1.00 e. The van der Waals surface area contributed by atoms with Crippen molar-refractivity contribution in [2.24, 2.45) is 0 Å². The molecule has 0 heterocycles. The Bertz CT molecular complexity index is 1100. The third kappa shape index (κ3) is 8.21. The van der Waals surface area contributed by atoms with Gasteiger partial charge in [0, 0.05) is 28.9 Å². The molecule has 2 atom stereocenters. The van der Waals surface area contributed by atoms with E-state index in [1.54, 1.807) is 36.4 Å². The molecule has 174 valence electrons. The van der Waals surface area contributed by atoms with E-state index in [4.69, 9.17) is 16.7 Å². The van der Waals surface area contributed by atoms with Crippen LogP contribution in [0.2, 0.25) is 5.02 Å². The van der Waals surface area contributed by atoms with Gasteiger partial charge in [-0.2, -0.15) is 0 Å². The maximum Gasteiger partial charge on any atom is 1.00 e. The zero-order valence-electron chi connectivity index (χ0n) is 19.7. The molecule has 0 radical (unpaired) electrons. The van der Waals surface area contributed by atoms with Gasteiger partial charge in [-0.3, -0.25) is 4.79 Å². The van der Waals surface area contributed by atoms with Gasteiger partial charge in [-0.1, -0.05) is 35.9 Å². The molecular formula is C25H26ClN2NaO5. The normalized spacial score (nSPS) is 12.3. The summed E-state index contributed by atoms with van der Waals surface area (Å²) >= 11 is 5.96. The van der Waals surface area contributed by atoms with Crippen LogP contribution in [0.1, 0.15) is 39.4 Å². The van der Waals surface area contributed by atoms with E-state index in [9.17, 15) is 19.8 Å². The Balaban J connectivity index is 0.00000306. The predicted molar refractivity (Wildman–Crippen MR) is 128 cm³/mol. The molecule has 7 nitrogen and oxygen atoms in total. The number of aliphatic hydroxyl groups excluding tert-OH is 2. The number of amides is 1. The summed E-state index contributed by atoms with van der Waals surface area (Å²) in [6, 6.07) is 19.6. The van der Waals surface area contributed by atoms with E-state index in [0.29, 0.717) is 28.3 Å². The van der Waals surface area contributed by atoms with Crippen LogP contribution in [0.15, 0.2) is 72.8 Å². The number of hydrogen-bond acceptors (Lipinski definition) is 5. The number of carbonyl (C=O) groups excluding carboxylic acids is 1. The number of rotatable bonds is 10. The van der Waals surface area contributed by atoms with Crippen LogP contribution in [0.25, 0.3) is 0 Å². The van der Waals surface area contributed by atoms with Crippen LogP contribution in [-0.2, 0) is 6.42 Å². The fraction of sp³-hybridized carbons (Fsp3) is 0.200. The first-order chi connectivity index (χ1) is 15.9. The minimum absolute atomic E-state index is 0. The Hall–Kier alpha value is -2.23. The molecule has 0 aliphatic heterocycles. The van der Waals surface area contributed by atoms with E-state index in [1.165, 1.54) is 24.3 Å². The average molecular weight is 493 g/mol. The number of hydrogen-bond donors (Lipinski definition) is 5. The first-order valence-corrected chi connectivity index (χ1v) is 10.7. The number of carbonyl (C=O) groups is 2. The minimum Gasteiger partial charge on any atom is -1.00 e. The minimum atomic E-state index is -1.05. The fourth-order valence-electron chi connectivity index (χ4n) is 3.29. The van der Waals surface area contributed by atoms with Crippen molar-refractivity contribution in [2.45, 2.75) is 18.6 Å². The third-order valence-electron chi connectivity index (χ3n) is 5.14. The Kier molecular flexibility index (Phi) is 11.2. The number of aromatic carboxylic acids is 1. The Morgan fingerprint density at radius 1 is 0.971 bits per heavy atom. The fourth-order valence-corrected chi connectivity index (χ4v) is 3.49. The molecule has 0 bridgehead atoms. The molecule has 0 saturated heterocycles. The maximum absolute atomic E-state index is 12.4. The van der Waals surface area contributed by atoms with Gasteiger partial charge in [0.05, 0.1) is 18.3 Å². The summed E-state index contributed by atoms with van der Waals surface area (Å²) in [6.45, 7) is 0.160. The van der Waals surface area contributed by atoms with Gasteiger partial charge in [0.15, 0.2) is 0 Å². The summed E-state index contributed by atoms with van der Waals surface area (Å²) in [5.41, 5.74) is 2.71. The van der Waals surface area contributed by atoms with Crippen LogP contribution in [0, 0.1) is 0 Å². The van der Waals surface area contributed by atoms with E-state index in [1.807, 2.05) is 12.1 Å². The van der Waals surface area contributed by atoms with E-state index < -0.39 is 12.1 Å². The van der Waals surface area contributed by atoms with Gasteiger partial charge < -0.3 is 27.4 Å². The summed E-state index contributed by atoms with van der Waals surface area (Å²) in [7, 11) is 0. The zero-order valence-corrected chi connectivity index (χ0v) is 21.5. The molecule has 3 aromatic rings. The van der Waals surface area contributed by atoms with E-state index in [0.717, 1.165) is 5.56 Å². The van der Waals surface area contributed by atoms with Gasteiger partial charge in [0.1, 0.15) is 0 Å². The Morgan fingerprint density at radius 3 is 2.21 bits per heavy atom. The molecule has 5 N–H and O–H groups in total. The van der Waals surface area contributed by atoms with Gasteiger partial charge in [0.25, 0.3) is 5.91 Å². The second-order valence-corrected chi connectivity index (χ2v) is 8.03. The summed E-state index contributed by atoms with van der Waals surface area (Å²) in [6.07, 6.45) is -0.219. The quantitative estimate of drug-likeness (QED) is 0.265. The SMILES string of the molecule is O=C(O)c1ccc(C(=O)Nc2ccc(C[C@@H](CO)NC[C@@H](O)c3cccc(Cl)c3)cc2)cc1.[H-].[Na+]. The third-order valence-corrected chi connectivity index (χ3v) is 5.38. The molecule has 0 spiro atoms. The Labute approximate surface area is 226 Å². The molecule has 0 unspecified atom stereocenters. The monoisotopic (exact) mass is 492 g/mol. The second kappa shape index (κ2) is 13.6. The number of carboxylic acid groups (broad SMARTS) is 1. The molecule has 34 heavy (non-hydrogen) atoms. The van der Waals surface area contributed by atoms with Crippen LogP contribution >= 0.6 is 11.6 Å². The molecule has 3 rings (SSSR count). The van der Waals surface area contributed by atoms with E-state index in [2.05, 4.69) is 10.6 Å². The standard InChI is InChI=1S/C25H25ClN2O5.Na.H/c26-20-3-1-2-19(13-20)23(30)14-27-22(15-29)12-16-4-10-21(11-5-16)28-24(31)17-6-8-18(9-7-17)25(32)33;;/h1-11,13,22-23,27,29-30H,12,14-15H2,(H,28,31)(H,32,33);;/q;+1;-1/t22-,23+;;/m0../s1. The van der Waals surface area contributed by atoms with Crippen LogP contribution in [0.4, 0.5) is 5.69 Å². The molecule has 0 saturated carbocycles. The van der Waals surface area contributed by atoms with Crippen molar-refractivity contribution < 1.29 is 55.9 Å². The average Bonchev–Trinajstić information content (AvgIpc) is 2.82. The molecular weight excluding hydrogens is 467 g/mol. The van der Waals surface area contributed by atoms with E-state index in [-0.39, 0.29) is 61.6 Å². The van der Waals surface area contributed by atoms with Gasteiger partial charge >= 0.3 is 35.5 Å². The number of carboxylic acids is 1. The predicted octanol–water partition coefficient (Wildman–Crippen LogP) is 0.634. The van der Waals surface area contributed by atoms with Crippen molar-refractivity contribution >= 4 is 29.2 Å². The number of halogens is 1. The van der Waals surface area contributed by atoms with Crippen LogP contribution in [0.3, 0.4) is 0 Å². The van der Waals surface area contributed by atoms with Crippen molar-refractivity contribution in [1.82, 2.24) is 5.32 Å². The molecule has 0 aliphatic carbocycles. The first-order valence-electron chi connectivity index (χ1n) is 10.4. The van der Waals surface area contributed by atoms with Crippen molar-refractivity contribution in [3.05, 3.63) is 100 Å². The molecule has 9 heteroatoms. The topological polar surface area (TPSA) is 119 Å². The summed E-state index contributed by atoms with van der Waals surface area (Å²) in [4.78, 5) is 23.3. The molecule has 0 aromatic heterocycles. The van der Waals surface area contributed by atoms with Gasteiger partial charge in [-0.15, -0.1) is 0 Å². The largest absolute Gasteiger partial charge is 1.00 e. The molecule has 0 aliphatic rings. The van der Waals surface area contributed by atoms with Crippen LogP contribution < -0.4 is 40.2 Å². The molecule has 3 aromatic carbocycles. The number of benzene rings is 3. The summed E-state index contributed by atoms with van der Waals surface area (Å²) in [5, 5.41) is 35.5. The van der Waals surface area contributed by atoms with Crippen LogP contribution in [0.5, 0.6) is 0 Å². The van der Waals surface area contributed by atoms with Crippen LogP contribution in [-0.4, -0.2) is 46.4 Å². The summed E-state index contributed by atoms with van der Waals surface area (Å²) < 4.78 is 0. The van der Waals surface area contributed by atoms with Gasteiger partial charge in [-0.25, -0.2) is 4.79 Å². The van der Waals surface area contributed by atoms with E-state index >= 15 is 0 Å². The molecule has 1 amide bonds. The number of aliphatic hydroxyl groups is 2. The van der Waals surface area contributed by atoms with Crippen molar-refractivity contribution in [3.63, 3.8) is 0 Å². The van der Waals surface area contributed by atoms with Crippen molar-refractivity contribution in [2.75, 3.05) is 18.5 Å². The number of nitrogens with one attached hydrogen (secondary N) is 2.